The summed E-state index contributed by atoms with van der Waals surface area (Å²) in [5.74, 6) is 1.05. The van der Waals surface area contributed by atoms with Gasteiger partial charge in [0.15, 0.2) is 0 Å². The molecule has 0 amide bonds. The van der Waals surface area contributed by atoms with Gasteiger partial charge in [0.2, 0.25) is 0 Å². The average Bonchev–Trinajstić information content (AvgIpc) is 3.09. The molecule has 3 fully saturated rings. The molecule has 0 aromatic heterocycles. The van der Waals surface area contributed by atoms with Crippen molar-refractivity contribution in [1.82, 2.24) is 0 Å². The van der Waals surface area contributed by atoms with Crippen LogP contribution in [0.1, 0.15) is 73.1 Å². The third kappa shape index (κ3) is 3.45. The fourth-order valence-corrected chi connectivity index (χ4v) is 6.56. The largest absolute Gasteiger partial charge is 0.474 e. The maximum atomic E-state index is 11.6. The molecule has 2 saturated carbocycles. The summed E-state index contributed by atoms with van der Waals surface area (Å²) in [6.45, 7) is 11.3. The van der Waals surface area contributed by atoms with Crippen molar-refractivity contribution in [2.24, 2.45) is 17.8 Å². The summed E-state index contributed by atoms with van der Waals surface area (Å²) >= 11 is 0. The second-order valence-corrected chi connectivity index (χ2v) is 11.2. The van der Waals surface area contributed by atoms with E-state index in [-0.39, 0.29) is 40.3 Å². The zero-order chi connectivity index (χ0) is 21.0. The number of fused-ring (bicyclic) bond motifs is 1. The number of hydrogen-bond acceptors (Lipinski definition) is 2. The molecule has 2 aliphatic carbocycles. The van der Waals surface area contributed by atoms with Gasteiger partial charge in [-0.15, -0.1) is 0 Å². The fourth-order valence-electron chi connectivity index (χ4n) is 6.56. The van der Waals surface area contributed by atoms with Crippen LogP contribution in [0.2, 0.25) is 0 Å². The molecule has 0 radical (unpaired) electrons. The van der Waals surface area contributed by atoms with E-state index in [2.05, 4.69) is 61.1 Å². The second-order valence-electron chi connectivity index (χ2n) is 11.2. The number of aliphatic hydroxyl groups is 1. The first-order chi connectivity index (χ1) is 13.0. The second kappa shape index (κ2) is 7.49. The lowest BCUT2D eigenvalue weighted by Gasteiger charge is -2.59. The number of nitrogens with two attached hydrogens (primary N) is 3. The molecular weight excluding hydrogens is 350 g/mol. The molecule has 0 unspecified atom stereocenters. The van der Waals surface area contributed by atoms with E-state index < -0.39 is 0 Å². The summed E-state index contributed by atoms with van der Waals surface area (Å²) in [6, 6.07) is 0. The van der Waals surface area contributed by atoms with Crippen molar-refractivity contribution < 1.29 is 25.8 Å². The van der Waals surface area contributed by atoms with Crippen LogP contribution in [0, 0.1) is 38.9 Å². The van der Waals surface area contributed by atoms with Gasteiger partial charge in [0.05, 0.1) is 22.2 Å². The fraction of sp³-hybridized carbons (Fsp3) is 0.870. The van der Waals surface area contributed by atoms with Crippen molar-refractivity contribution in [1.29, 1.82) is 0 Å². The quantitative estimate of drug-likeness (QED) is 0.498. The van der Waals surface area contributed by atoms with E-state index in [0.717, 1.165) is 38.5 Å². The Morgan fingerprint density at radius 1 is 0.893 bits per heavy atom. The molecule has 28 heavy (non-hydrogen) atoms. The Labute approximate surface area is 172 Å². The molecule has 1 saturated heterocycles. The number of aliphatic hydroxyl groups excluding tert-OH is 1. The predicted octanol–water partition coefficient (Wildman–Crippen LogP) is 0.0822. The van der Waals surface area contributed by atoms with E-state index in [1.165, 1.54) is 0 Å². The highest BCUT2D eigenvalue weighted by atomic mass is 16.5. The minimum atomic E-state index is -0.375. The molecular formula is C23H45N3O2. The van der Waals surface area contributed by atoms with Gasteiger partial charge in [0.25, 0.3) is 0 Å². The Morgan fingerprint density at radius 3 is 2.04 bits per heavy atom. The third-order valence-electron chi connectivity index (χ3n) is 9.19. The molecule has 0 aromatic carbocycles. The van der Waals surface area contributed by atoms with E-state index in [4.69, 9.17) is 4.74 Å². The van der Waals surface area contributed by atoms with Gasteiger partial charge in [-0.05, 0) is 66.2 Å². The molecule has 5 heteroatoms. The Kier molecular flexibility index (Phi) is 6.02. The minimum absolute atomic E-state index is 0.0255. The topological polar surface area (TPSA) is 79.3 Å². The van der Waals surface area contributed by atoms with Gasteiger partial charge in [0.1, 0.15) is 12.2 Å². The maximum Gasteiger partial charge on any atom is 0.110 e. The van der Waals surface area contributed by atoms with Crippen molar-refractivity contribution in [3.8, 4) is 0 Å². The van der Waals surface area contributed by atoms with E-state index in [9.17, 15) is 5.11 Å². The van der Waals surface area contributed by atoms with Gasteiger partial charge in [-0.1, -0.05) is 0 Å². The molecule has 0 aromatic rings. The molecule has 0 spiro atoms. The first-order valence-corrected chi connectivity index (χ1v) is 11.2. The highest BCUT2D eigenvalue weighted by Gasteiger charge is 2.62. The zero-order valence-electron chi connectivity index (χ0n) is 18.8. The predicted molar refractivity (Wildman–Crippen MR) is 110 cm³/mol. The van der Waals surface area contributed by atoms with Crippen molar-refractivity contribution in [2.75, 3.05) is 0 Å². The van der Waals surface area contributed by atoms with E-state index in [1.54, 1.807) is 0 Å². The van der Waals surface area contributed by atoms with Crippen molar-refractivity contribution in [3.63, 3.8) is 0 Å². The highest BCUT2D eigenvalue weighted by molar-refractivity contribution is 5.10. The van der Waals surface area contributed by atoms with Crippen LogP contribution in [-0.4, -0.2) is 39.5 Å². The molecule has 3 aliphatic rings. The van der Waals surface area contributed by atoms with Gasteiger partial charge >= 0.3 is 0 Å². The molecule has 5 nitrogen and oxygen atoms in total. The van der Waals surface area contributed by atoms with Crippen molar-refractivity contribution in [2.45, 2.75) is 108 Å². The lowest BCUT2D eigenvalue weighted by molar-refractivity contribution is -0.704. The van der Waals surface area contributed by atoms with Gasteiger partial charge in [-0.2, -0.15) is 21.1 Å². The molecule has 7 N–H and O–H groups in total. The smallest absolute Gasteiger partial charge is 0.110 e. The summed E-state index contributed by atoms with van der Waals surface area (Å²) in [6.07, 6.45) is 6.30. The molecule has 3 rings (SSSR count). The number of ether oxygens (including phenoxy) is 1. The third-order valence-corrected chi connectivity index (χ3v) is 9.19. The number of hydrogen-bond donors (Lipinski definition) is 4. The Balaban J connectivity index is 1.92. The molecule has 1 heterocycles. The lowest BCUT2D eigenvalue weighted by atomic mass is 9.51. The Hall–Kier alpha value is -0.200. The average molecular weight is 396 g/mol. The zero-order valence-corrected chi connectivity index (χ0v) is 18.8. The lowest BCUT2D eigenvalue weighted by Crippen LogP contribution is -2.98. The van der Waals surface area contributed by atoms with Crippen LogP contribution in [0.15, 0.2) is 0 Å². The van der Waals surface area contributed by atoms with Crippen LogP contribution in [0.3, 0.4) is 0 Å². The summed E-state index contributed by atoms with van der Waals surface area (Å²) in [5, 5.41) is 17.8. The first-order valence-electron chi connectivity index (χ1n) is 11.2. The van der Waals surface area contributed by atoms with Crippen molar-refractivity contribution >= 4 is 0 Å². The molecule has 8 atom stereocenters. The highest BCUT2D eigenvalue weighted by Crippen LogP contribution is 2.55. The van der Waals surface area contributed by atoms with Gasteiger partial charge in [0, 0.05) is 24.7 Å². The first kappa shape index (κ1) is 22.5. The van der Waals surface area contributed by atoms with Crippen LogP contribution in [-0.2, 0) is 4.74 Å². The molecule has 164 valence electrons. The van der Waals surface area contributed by atoms with E-state index in [1.807, 2.05) is 10.6 Å². The van der Waals surface area contributed by atoms with E-state index in [0.29, 0.717) is 11.8 Å². The van der Waals surface area contributed by atoms with Crippen LogP contribution in [0.4, 0.5) is 0 Å². The van der Waals surface area contributed by atoms with Crippen LogP contribution in [0.25, 0.3) is 0 Å². The van der Waals surface area contributed by atoms with Crippen LogP contribution >= 0.6 is 0 Å². The summed E-state index contributed by atoms with van der Waals surface area (Å²) in [4.78, 5) is 0. The number of quaternary nitrogens is 3. The maximum absolute atomic E-state index is 11.6. The van der Waals surface area contributed by atoms with E-state index >= 15 is 0 Å². The standard InChI is InChI=1S/C23H45N3O2/c1-20(2,24-6)17-11-14-23(5,28-17)16-10-12-21(3,25-7)15-9-13-22(4,26-8)19(27)18(15)16/h15-19,27H,6-14,24-26H2,1-5H3/t15-,16-,17-,18-,19-,21+,22-,23+/m0/s1. The van der Waals surface area contributed by atoms with Crippen molar-refractivity contribution in [3.05, 3.63) is 21.1 Å². The van der Waals surface area contributed by atoms with Crippen LogP contribution in [0.5, 0.6) is 0 Å². The Morgan fingerprint density at radius 2 is 1.46 bits per heavy atom. The summed E-state index contributed by atoms with van der Waals surface area (Å²) in [7, 11) is 12.3. The normalized spacial score (nSPS) is 49.8. The molecule has 0 bridgehead atoms. The minimum Gasteiger partial charge on any atom is -0.474 e. The van der Waals surface area contributed by atoms with Gasteiger partial charge in [-0.3, -0.25) is 0 Å². The molecule has 1 aliphatic heterocycles. The van der Waals surface area contributed by atoms with Gasteiger partial charge in [-0.25, -0.2) is 0 Å². The summed E-state index contributed by atoms with van der Waals surface area (Å²) in [5.41, 5.74) is -0.327. The SMILES string of the molecule is [CH2-][NH2+]C(C)(C)[C@@H]1CC[C@](C)([C@H]2CC[C@@](C)([NH2+][CH2-])[C@H]3CC[C@](C)([NH2+][CH2-])[C@@H](O)[C@@H]32)O1. The van der Waals surface area contributed by atoms with Crippen LogP contribution < -0.4 is 16.0 Å². The summed E-state index contributed by atoms with van der Waals surface area (Å²) < 4.78 is 6.81. The Bertz CT molecular complexity index is 570. The van der Waals surface area contributed by atoms with Gasteiger partial charge < -0.3 is 25.8 Å². The monoisotopic (exact) mass is 395 g/mol. The number of rotatable bonds is 5.